The van der Waals surface area contributed by atoms with Gasteiger partial charge in [-0.3, -0.25) is 0 Å². The molecule has 1 aromatic rings. The molecule has 0 radical (unpaired) electrons. The highest BCUT2D eigenvalue weighted by Gasteiger charge is 2.30. The first kappa shape index (κ1) is 26.7. The van der Waals surface area contributed by atoms with E-state index in [0.717, 1.165) is 5.19 Å². The van der Waals surface area contributed by atoms with Crippen molar-refractivity contribution in [1.82, 2.24) is 0 Å². The second-order valence-corrected chi connectivity index (χ2v) is 19.0. The molecule has 0 spiro atoms. The van der Waals surface area contributed by atoms with Crippen LogP contribution in [-0.2, 0) is 17.7 Å². The summed E-state index contributed by atoms with van der Waals surface area (Å²) in [5.41, 5.74) is 1.91. The Morgan fingerprint density at radius 2 is 1.12 bits per heavy atom. The number of hydrogen-bond donors (Lipinski definition) is 0. The average molecular weight is 403 g/mol. The summed E-state index contributed by atoms with van der Waals surface area (Å²) in [6, 6.07) is 10.1. The fourth-order valence-electron chi connectivity index (χ4n) is 1.14. The summed E-state index contributed by atoms with van der Waals surface area (Å²) in [6.07, 6.45) is 0. The molecule has 0 bridgehead atoms. The van der Waals surface area contributed by atoms with Crippen LogP contribution in [0.25, 0.3) is 0 Å². The molecule has 146 valence electrons. The molecule has 0 aliphatic heterocycles. The smallest absolute Gasteiger partial charge is 0.368 e. The zero-order chi connectivity index (χ0) is 20.1. The van der Waals surface area contributed by atoms with E-state index in [1.807, 2.05) is 42.6 Å². The van der Waals surface area contributed by atoms with Gasteiger partial charge in [0, 0.05) is 28.4 Å². The Bertz CT molecular complexity index is 455. The van der Waals surface area contributed by atoms with Crippen molar-refractivity contribution in [2.75, 3.05) is 28.4 Å². The zero-order valence-corrected chi connectivity index (χ0v) is 20.8. The molecule has 0 aliphatic rings. The van der Waals surface area contributed by atoms with Crippen molar-refractivity contribution in [2.45, 2.75) is 39.3 Å². The Hall–Kier alpha value is -0.549. The predicted octanol–water partition coefficient (Wildman–Crippen LogP) is 4.29. The van der Waals surface area contributed by atoms with Crippen LogP contribution >= 0.6 is 0 Å². The molecule has 1 rings (SSSR count). The van der Waals surface area contributed by atoms with Gasteiger partial charge >= 0.3 is 8.56 Å². The van der Waals surface area contributed by atoms with Crippen molar-refractivity contribution in [1.29, 1.82) is 0 Å². The number of rotatable bonds is 6. The first-order valence-corrected chi connectivity index (χ1v) is 17.0. The maximum absolute atomic E-state index is 5.39. The van der Waals surface area contributed by atoms with Gasteiger partial charge in [-0.05, 0) is 44.5 Å². The third kappa shape index (κ3) is 13.3. The second kappa shape index (κ2) is 12.7. The summed E-state index contributed by atoms with van der Waals surface area (Å²) in [7, 11) is 2.30. The lowest BCUT2D eigenvalue weighted by atomic mass is 10.4. The van der Waals surface area contributed by atoms with E-state index in [2.05, 4.69) is 39.3 Å². The van der Waals surface area contributed by atoms with Crippen LogP contribution in [0.1, 0.15) is 0 Å². The Morgan fingerprint density at radius 3 is 1.32 bits per heavy atom. The summed E-state index contributed by atoms with van der Waals surface area (Å²) in [5, 5.41) is 1.16. The lowest BCUT2D eigenvalue weighted by Crippen LogP contribution is -2.49. The summed E-state index contributed by atoms with van der Waals surface area (Å²) in [6.45, 7) is 16.3. The van der Waals surface area contributed by atoms with E-state index in [9.17, 15) is 0 Å². The van der Waals surface area contributed by atoms with Gasteiger partial charge in [0.1, 0.15) is 0 Å². The van der Waals surface area contributed by atoms with Gasteiger partial charge in [-0.25, -0.2) is 0 Å². The highest BCUT2D eigenvalue weighted by Crippen LogP contribution is 2.04. The Kier molecular flexibility index (Phi) is 13.6. The van der Waals surface area contributed by atoms with Gasteiger partial charge in [-0.15, -0.1) is 6.58 Å². The van der Waals surface area contributed by atoms with Crippen molar-refractivity contribution in [3.8, 4) is 0 Å². The SMILES string of the molecule is C=C[Si](C)(C)OC.CO[Si](C)(C)C.CO[Si](C)(OC)c1ccccc1. The van der Waals surface area contributed by atoms with Crippen molar-refractivity contribution in [3.63, 3.8) is 0 Å². The molecule has 0 fully saturated rings. The minimum atomic E-state index is -2.07. The molecule has 4 nitrogen and oxygen atoms in total. The van der Waals surface area contributed by atoms with Crippen LogP contribution in [0, 0.1) is 0 Å². The van der Waals surface area contributed by atoms with E-state index in [1.54, 1.807) is 28.4 Å². The van der Waals surface area contributed by atoms with Crippen molar-refractivity contribution < 1.29 is 17.7 Å². The Morgan fingerprint density at radius 1 is 0.720 bits per heavy atom. The van der Waals surface area contributed by atoms with Gasteiger partial charge < -0.3 is 17.7 Å². The van der Waals surface area contributed by atoms with E-state index in [1.165, 1.54) is 0 Å². The lowest BCUT2D eigenvalue weighted by Gasteiger charge is -2.22. The third-order valence-corrected chi connectivity index (χ3v) is 9.91. The maximum atomic E-state index is 5.39. The largest absolute Gasteiger partial charge is 0.421 e. The third-order valence-electron chi connectivity index (χ3n) is 3.71. The van der Waals surface area contributed by atoms with E-state index in [4.69, 9.17) is 17.7 Å². The van der Waals surface area contributed by atoms with Crippen LogP contribution in [0.4, 0.5) is 0 Å². The summed E-state index contributed by atoms with van der Waals surface area (Å²) < 4.78 is 21.0. The van der Waals surface area contributed by atoms with Gasteiger partial charge in [0.25, 0.3) is 0 Å². The van der Waals surface area contributed by atoms with E-state index < -0.39 is 25.2 Å². The molecule has 7 heteroatoms. The van der Waals surface area contributed by atoms with Gasteiger partial charge in [-0.1, -0.05) is 36.0 Å². The molecule has 0 saturated heterocycles. The Balaban J connectivity index is 0. The lowest BCUT2D eigenvalue weighted by molar-refractivity contribution is 0.265. The van der Waals surface area contributed by atoms with Gasteiger partial charge in [0.15, 0.2) is 8.32 Å². The second-order valence-electron chi connectivity index (χ2n) is 7.05. The monoisotopic (exact) mass is 402 g/mol. The predicted molar refractivity (Wildman–Crippen MR) is 117 cm³/mol. The van der Waals surface area contributed by atoms with Gasteiger partial charge in [-0.2, -0.15) is 0 Å². The first-order valence-electron chi connectivity index (χ1n) is 8.31. The number of hydrogen-bond acceptors (Lipinski definition) is 4. The van der Waals surface area contributed by atoms with Crippen LogP contribution in [0.3, 0.4) is 0 Å². The fraction of sp³-hybridized carbons (Fsp3) is 0.556. The van der Waals surface area contributed by atoms with Crippen LogP contribution in [0.5, 0.6) is 0 Å². The number of benzene rings is 1. The molecule has 0 heterocycles. The molecule has 0 aromatic heterocycles. The van der Waals surface area contributed by atoms with Crippen LogP contribution in [0.2, 0.25) is 39.3 Å². The van der Waals surface area contributed by atoms with E-state index in [-0.39, 0.29) is 0 Å². The summed E-state index contributed by atoms with van der Waals surface area (Å²) >= 11 is 0. The topological polar surface area (TPSA) is 36.9 Å². The van der Waals surface area contributed by atoms with Gasteiger partial charge in [0.2, 0.25) is 8.32 Å². The summed E-state index contributed by atoms with van der Waals surface area (Å²) in [5.74, 6) is 0. The Labute approximate surface area is 158 Å². The van der Waals surface area contributed by atoms with Gasteiger partial charge in [0.05, 0.1) is 0 Å². The molecule has 0 amide bonds. The minimum absolute atomic E-state index is 1.13. The molecule has 0 saturated carbocycles. The van der Waals surface area contributed by atoms with E-state index in [0.29, 0.717) is 0 Å². The highest BCUT2D eigenvalue weighted by atomic mass is 28.4. The normalized spacial score (nSPS) is 11.6. The summed E-state index contributed by atoms with van der Waals surface area (Å²) in [4.78, 5) is 0. The maximum Gasteiger partial charge on any atom is 0.368 e. The molecule has 0 atom stereocenters. The first-order chi connectivity index (χ1) is 11.4. The van der Waals surface area contributed by atoms with E-state index >= 15 is 0 Å². The highest BCUT2D eigenvalue weighted by molar-refractivity contribution is 6.79. The quantitative estimate of drug-likeness (QED) is 0.665. The molecule has 25 heavy (non-hydrogen) atoms. The average Bonchev–Trinajstić information content (AvgIpc) is 2.62. The molecule has 1 aromatic carbocycles. The van der Waals surface area contributed by atoms with Crippen molar-refractivity contribution in [2.24, 2.45) is 0 Å². The molecule has 0 N–H and O–H groups in total. The minimum Gasteiger partial charge on any atom is -0.421 e. The molecular weight excluding hydrogens is 364 g/mol. The molecule has 0 unspecified atom stereocenters. The molecular formula is C18H38O4Si3. The van der Waals surface area contributed by atoms with Crippen LogP contribution < -0.4 is 5.19 Å². The standard InChI is InChI=1S/C9H14O2Si.C5H12OSi.C4H12OSi/c1-10-12(3,11-2)9-7-5-4-6-8-9;1-5-7(3,4)6-2;1-5-6(2,3)4/h4-8H,1-3H3;5H,1H2,2-4H3;1-4H3. The van der Waals surface area contributed by atoms with Crippen molar-refractivity contribution >= 4 is 30.4 Å². The molecule has 0 aliphatic carbocycles. The van der Waals surface area contributed by atoms with Crippen molar-refractivity contribution in [3.05, 3.63) is 42.6 Å². The van der Waals surface area contributed by atoms with Crippen LogP contribution in [0.15, 0.2) is 42.6 Å². The fourth-order valence-corrected chi connectivity index (χ4v) is 2.75. The van der Waals surface area contributed by atoms with Crippen LogP contribution in [-0.4, -0.2) is 53.6 Å². The zero-order valence-electron chi connectivity index (χ0n) is 17.8.